The molecule has 0 saturated heterocycles. The van der Waals surface area contributed by atoms with E-state index in [0.29, 0.717) is 16.3 Å². The fraction of sp³-hybridized carbons (Fsp3) is 0.211. The van der Waals surface area contributed by atoms with Crippen LogP contribution in [0.2, 0.25) is 0 Å². The Kier molecular flexibility index (Phi) is 5.87. The molecule has 3 rings (SSSR count). The smallest absolute Gasteiger partial charge is 0.263 e. The van der Waals surface area contributed by atoms with Gasteiger partial charge in [0.1, 0.15) is 21.4 Å². The maximum Gasteiger partial charge on any atom is 0.263 e. The molecule has 0 bridgehead atoms. The topological polar surface area (TPSA) is 93.5 Å². The molecule has 0 aliphatic heterocycles. The van der Waals surface area contributed by atoms with Crippen molar-refractivity contribution in [1.29, 1.82) is 0 Å². The van der Waals surface area contributed by atoms with Gasteiger partial charge in [-0.15, -0.1) is 11.3 Å². The number of benzene rings is 1. The van der Waals surface area contributed by atoms with Crippen molar-refractivity contribution in [2.45, 2.75) is 13.5 Å². The molecule has 7 nitrogen and oxygen atoms in total. The summed E-state index contributed by atoms with van der Waals surface area (Å²) in [4.78, 5) is 29.2. The third-order valence-electron chi connectivity index (χ3n) is 3.79. The Hall–Kier alpha value is -3.13. The molecule has 2 aromatic heterocycles. The molecule has 8 heteroatoms. The molecular weight excluding hydrogens is 366 g/mol. The Morgan fingerprint density at radius 2 is 1.96 bits per heavy atom. The zero-order valence-electron chi connectivity index (χ0n) is 14.9. The highest BCUT2D eigenvalue weighted by Crippen LogP contribution is 2.29. The Labute approximate surface area is 160 Å². The van der Waals surface area contributed by atoms with Gasteiger partial charge in [0.25, 0.3) is 5.91 Å². The average Bonchev–Trinajstić information content (AvgIpc) is 3.34. The normalized spacial score (nSPS) is 10.4. The predicted octanol–water partition coefficient (Wildman–Crippen LogP) is 2.77. The minimum atomic E-state index is -0.321. The molecule has 0 aliphatic carbocycles. The molecule has 2 N–H and O–H groups in total. The highest BCUT2D eigenvalue weighted by molar-refractivity contribution is 7.17. The number of ether oxygens (including phenoxy) is 1. The largest absolute Gasteiger partial charge is 0.497 e. The van der Waals surface area contributed by atoms with Crippen LogP contribution in [0.25, 0.3) is 10.6 Å². The van der Waals surface area contributed by atoms with Crippen LogP contribution >= 0.6 is 11.3 Å². The number of carbonyl (C=O) groups excluding carboxylic acids is 2. The monoisotopic (exact) mass is 385 g/mol. The van der Waals surface area contributed by atoms with E-state index in [-0.39, 0.29) is 24.9 Å². The van der Waals surface area contributed by atoms with Crippen molar-refractivity contribution in [3.05, 3.63) is 59.0 Å². The van der Waals surface area contributed by atoms with Crippen LogP contribution in [0.1, 0.15) is 21.1 Å². The molecule has 140 valence electrons. The number of carbonyl (C=O) groups is 2. The second kappa shape index (κ2) is 8.50. The number of amides is 2. The Bertz CT molecular complexity index is 917. The van der Waals surface area contributed by atoms with E-state index in [1.54, 1.807) is 26.2 Å². The van der Waals surface area contributed by atoms with Crippen LogP contribution in [0.5, 0.6) is 5.75 Å². The Morgan fingerprint density at radius 1 is 1.19 bits per heavy atom. The van der Waals surface area contributed by atoms with Crippen molar-refractivity contribution in [3.63, 3.8) is 0 Å². The van der Waals surface area contributed by atoms with Crippen LogP contribution in [-0.4, -0.2) is 30.5 Å². The van der Waals surface area contributed by atoms with Crippen molar-refractivity contribution < 1.29 is 18.7 Å². The maximum atomic E-state index is 12.4. The zero-order chi connectivity index (χ0) is 19.2. The van der Waals surface area contributed by atoms with Gasteiger partial charge >= 0.3 is 0 Å². The summed E-state index contributed by atoms with van der Waals surface area (Å²) in [6.07, 6.45) is 1.54. The predicted molar refractivity (Wildman–Crippen MR) is 102 cm³/mol. The van der Waals surface area contributed by atoms with Gasteiger partial charge in [-0.25, -0.2) is 4.98 Å². The van der Waals surface area contributed by atoms with Crippen molar-refractivity contribution >= 4 is 23.2 Å². The second-order valence-corrected chi connectivity index (χ2v) is 6.70. The molecule has 0 unspecified atom stereocenters. The first-order valence-corrected chi connectivity index (χ1v) is 9.07. The van der Waals surface area contributed by atoms with Crippen LogP contribution in [0.4, 0.5) is 0 Å². The second-order valence-electron chi connectivity index (χ2n) is 5.70. The molecule has 0 atom stereocenters. The molecule has 0 fully saturated rings. The maximum absolute atomic E-state index is 12.4. The number of aromatic nitrogens is 1. The van der Waals surface area contributed by atoms with Gasteiger partial charge in [-0.05, 0) is 43.3 Å². The third kappa shape index (κ3) is 4.73. The van der Waals surface area contributed by atoms with Gasteiger partial charge in [-0.1, -0.05) is 0 Å². The number of methoxy groups -OCH3 is 1. The van der Waals surface area contributed by atoms with Crippen LogP contribution in [-0.2, 0) is 11.3 Å². The lowest BCUT2D eigenvalue weighted by Gasteiger charge is -2.05. The number of nitrogens with one attached hydrogen (secondary N) is 2. The summed E-state index contributed by atoms with van der Waals surface area (Å²) in [6.45, 7) is 1.94. The first kappa shape index (κ1) is 18.7. The molecule has 3 aromatic rings. The van der Waals surface area contributed by atoms with Gasteiger partial charge in [0, 0.05) is 5.56 Å². The fourth-order valence-corrected chi connectivity index (χ4v) is 3.35. The molecule has 27 heavy (non-hydrogen) atoms. The van der Waals surface area contributed by atoms with Gasteiger partial charge in [-0.2, -0.15) is 0 Å². The van der Waals surface area contributed by atoms with E-state index in [9.17, 15) is 9.59 Å². The molecule has 0 saturated carbocycles. The molecule has 2 heterocycles. The summed E-state index contributed by atoms with van der Waals surface area (Å²) < 4.78 is 10.3. The fourth-order valence-electron chi connectivity index (χ4n) is 2.37. The summed E-state index contributed by atoms with van der Waals surface area (Å²) >= 11 is 1.29. The average molecular weight is 385 g/mol. The van der Waals surface area contributed by atoms with Crippen LogP contribution in [0.15, 0.2) is 47.1 Å². The molecule has 0 radical (unpaired) electrons. The van der Waals surface area contributed by atoms with Gasteiger partial charge in [0.2, 0.25) is 5.91 Å². The highest BCUT2D eigenvalue weighted by Gasteiger charge is 2.17. The first-order valence-electron chi connectivity index (χ1n) is 8.26. The van der Waals surface area contributed by atoms with Gasteiger partial charge < -0.3 is 19.8 Å². The molecule has 1 aromatic carbocycles. The van der Waals surface area contributed by atoms with Gasteiger partial charge in [0.15, 0.2) is 0 Å². The van der Waals surface area contributed by atoms with E-state index >= 15 is 0 Å². The number of rotatable bonds is 7. The Balaban J connectivity index is 1.58. The SMILES string of the molecule is COc1ccc(-c2nc(C)c(C(=O)NCC(=O)NCc3ccco3)s2)cc1. The van der Waals surface area contributed by atoms with E-state index in [4.69, 9.17) is 9.15 Å². The number of nitrogens with zero attached hydrogens (tertiary/aromatic N) is 1. The summed E-state index contributed by atoms with van der Waals surface area (Å²) in [5.74, 6) is 0.790. The summed E-state index contributed by atoms with van der Waals surface area (Å²) in [5.41, 5.74) is 1.53. The summed E-state index contributed by atoms with van der Waals surface area (Å²) in [5, 5.41) is 6.04. The number of hydrogen-bond donors (Lipinski definition) is 2. The summed E-state index contributed by atoms with van der Waals surface area (Å²) in [6, 6.07) is 11.0. The number of thiazole rings is 1. The van der Waals surface area contributed by atoms with Crippen LogP contribution in [0.3, 0.4) is 0 Å². The molecule has 2 amide bonds. The van der Waals surface area contributed by atoms with E-state index in [1.807, 2.05) is 24.3 Å². The quantitative estimate of drug-likeness (QED) is 0.652. The third-order valence-corrected chi connectivity index (χ3v) is 4.99. The van der Waals surface area contributed by atoms with E-state index in [0.717, 1.165) is 16.3 Å². The minimum Gasteiger partial charge on any atom is -0.497 e. The van der Waals surface area contributed by atoms with Crippen molar-refractivity contribution in [2.24, 2.45) is 0 Å². The van der Waals surface area contributed by atoms with Gasteiger partial charge in [-0.3, -0.25) is 9.59 Å². The minimum absolute atomic E-state index is 0.116. The van der Waals surface area contributed by atoms with Crippen molar-refractivity contribution in [1.82, 2.24) is 15.6 Å². The Morgan fingerprint density at radius 3 is 2.63 bits per heavy atom. The lowest BCUT2D eigenvalue weighted by Crippen LogP contribution is -2.36. The highest BCUT2D eigenvalue weighted by atomic mass is 32.1. The van der Waals surface area contributed by atoms with Gasteiger partial charge in [0.05, 0.1) is 32.2 Å². The van der Waals surface area contributed by atoms with E-state index < -0.39 is 0 Å². The number of hydrogen-bond acceptors (Lipinski definition) is 6. The first-order chi connectivity index (χ1) is 13.1. The lowest BCUT2D eigenvalue weighted by atomic mass is 10.2. The molecular formula is C19H19N3O4S. The van der Waals surface area contributed by atoms with Crippen molar-refractivity contribution in [2.75, 3.05) is 13.7 Å². The standard InChI is InChI=1S/C19H19N3O4S/c1-12-17(27-19(22-12)13-5-7-14(25-2)8-6-13)18(24)21-11-16(23)20-10-15-4-3-9-26-15/h3-9H,10-11H2,1-2H3,(H,20,23)(H,21,24). The van der Waals surface area contributed by atoms with E-state index in [2.05, 4.69) is 15.6 Å². The number of aryl methyl sites for hydroxylation is 1. The van der Waals surface area contributed by atoms with Crippen molar-refractivity contribution in [3.8, 4) is 16.3 Å². The van der Waals surface area contributed by atoms with Crippen LogP contribution < -0.4 is 15.4 Å². The number of furan rings is 1. The van der Waals surface area contributed by atoms with Crippen LogP contribution in [0, 0.1) is 6.92 Å². The molecule has 0 spiro atoms. The molecule has 0 aliphatic rings. The zero-order valence-corrected chi connectivity index (χ0v) is 15.8. The van der Waals surface area contributed by atoms with E-state index in [1.165, 1.54) is 17.6 Å². The lowest BCUT2D eigenvalue weighted by molar-refractivity contribution is -0.120. The summed E-state index contributed by atoms with van der Waals surface area (Å²) in [7, 11) is 1.61.